The molecule has 0 aromatic heterocycles. The van der Waals surface area contributed by atoms with Crippen molar-refractivity contribution in [3.8, 4) is 0 Å². The van der Waals surface area contributed by atoms with E-state index in [1.807, 2.05) is 0 Å². The Labute approximate surface area is 110 Å². The fourth-order valence-corrected chi connectivity index (χ4v) is 1.82. The van der Waals surface area contributed by atoms with Gasteiger partial charge in [0.05, 0.1) is 5.70 Å². The van der Waals surface area contributed by atoms with Crippen molar-refractivity contribution in [3.63, 3.8) is 0 Å². The van der Waals surface area contributed by atoms with Crippen LogP contribution in [0.15, 0.2) is 11.4 Å². The van der Waals surface area contributed by atoms with Crippen LogP contribution in [0.2, 0.25) is 0 Å². The van der Waals surface area contributed by atoms with Crippen LogP contribution in [0.25, 0.3) is 0 Å². The molecule has 5 heteroatoms. The van der Waals surface area contributed by atoms with E-state index in [0.29, 0.717) is 0 Å². The molecule has 0 spiro atoms. The van der Waals surface area contributed by atoms with Crippen molar-refractivity contribution < 1.29 is 14.3 Å². The van der Waals surface area contributed by atoms with Gasteiger partial charge in [0, 0.05) is 33.1 Å². The number of hydroxylamine groups is 1. The Morgan fingerprint density at radius 3 is 2.39 bits per heavy atom. The summed E-state index contributed by atoms with van der Waals surface area (Å²) in [6.07, 6.45) is 7.04. The molecular formula is C13H26N2O3. The summed E-state index contributed by atoms with van der Waals surface area (Å²) in [5.41, 5.74) is 5.35. The third kappa shape index (κ3) is 6.23. The molecule has 0 fully saturated rings. The number of unbranched alkanes of at least 4 members (excludes halogenated alkanes) is 3. The van der Waals surface area contributed by atoms with Gasteiger partial charge in [0.15, 0.2) is 6.79 Å². The minimum absolute atomic E-state index is 0.274. The quantitative estimate of drug-likeness (QED) is 0.318. The van der Waals surface area contributed by atoms with E-state index in [-0.39, 0.29) is 6.79 Å². The van der Waals surface area contributed by atoms with Crippen LogP contribution in [-0.2, 0) is 14.3 Å². The molecule has 1 aliphatic carbocycles. The smallest absolute Gasteiger partial charge is 0.172 e. The van der Waals surface area contributed by atoms with Crippen molar-refractivity contribution in [1.82, 2.24) is 10.8 Å². The second-order valence-corrected chi connectivity index (χ2v) is 4.44. The molecule has 0 atom stereocenters. The molecule has 18 heavy (non-hydrogen) atoms. The second-order valence-electron chi connectivity index (χ2n) is 4.44. The number of allylic oxidation sites excluding steroid dienone is 2. The Balaban J connectivity index is 1.96. The summed E-state index contributed by atoms with van der Waals surface area (Å²) < 4.78 is 9.82. The molecule has 0 aliphatic heterocycles. The van der Waals surface area contributed by atoms with Crippen molar-refractivity contribution in [2.45, 2.75) is 38.5 Å². The van der Waals surface area contributed by atoms with Gasteiger partial charge in [-0.15, -0.1) is 0 Å². The van der Waals surface area contributed by atoms with Crippen molar-refractivity contribution in [1.29, 1.82) is 0 Å². The molecule has 106 valence electrons. The highest BCUT2D eigenvalue weighted by atomic mass is 16.7. The highest BCUT2D eigenvalue weighted by Crippen LogP contribution is 2.22. The van der Waals surface area contributed by atoms with Gasteiger partial charge in [-0.3, -0.25) is 5.48 Å². The van der Waals surface area contributed by atoms with Crippen LogP contribution in [0.3, 0.4) is 0 Å². The third-order valence-electron chi connectivity index (χ3n) is 2.98. The predicted molar refractivity (Wildman–Crippen MR) is 70.7 cm³/mol. The van der Waals surface area contributed by atoms with Crippen molar-refractivity contribution in [2.24, 2.45) is 0 Å². The van der Waals surface area contributed by atoms with Gasteiger partial charge >= 0.3 is 0 Å². The van der Waals surface area contributed by atoms with Crippen LogP contribution >= 0.6 is 0 Å². The Morgan fingerprint density at radius 1 is 0.944 bits per heavy atom. The number of rotatable bonds is 12. The molecule has 0 aromatic rings. The molecule has 5 nitrogen and oxygen atoms in total. The number of hydrogen-bond acceptors (Lipinski definition) is 5. The Kier molecular flexibility index (Phi) is 8.63. The molecule has 1 aliphatic rings. The fraction of sp³-hybridized carbons (Fsp3) is 0.846. The van der Waals surface area contributed by atoms with Gasteiger partial charge in [-0.1, -0.05) is 12.8 Å². The minimum atomic E-state index is 0.274. The lowest BCUT2D eigenvalue weighted by atomic mass is 10.0. The van der Waals surface area contributed by atoms with Crippen LogP contribution in [0.5, 0.6) is 0 Å². The molecule has 0 aromatic carbocycles. The monoisotopic (exact) mass is 258 g/mol. The zero-order chi connectivity index (χ0) is 13.1. The first-order valence-electron chi connectivity index (χ1n) is 6.70. The van der Waals surface area contributed by atoms with E-state index in [1.165, 1.54) is 25.0 Å². The summed E-state index contributed by atoms with van der Waals surface area (Å²) in [5.74, 6) is 0. The van der Waals surface area contributed by atoms with E-state index in [9.17, 15) is 0 Å². The summed E-state index contributed by atoms with van der Waals surface area (Å²) in [6, 6.07) is 0. The summed E-state index contributed by atoms with van der Waals surface area (Å²) in [6.45, 7) is 2.19. The Bertz CT molecular complexity index is 244. The van der Waals surface area contributed by atoms with Crippen LogP contribution in [0.1, 0.15) is 38.5 Å². The second kappa shape index (κ2) is 10.2. The first-order chi connectivity index (χ1) is 8.88. The SMILES string of the molecule is COCCCCCCNC1=C(NOCOC)CC1. The van der Waals surface area contributed by atoms with Gasteiger partial charge in [-0.25, -0.2) is 4.84 Å². The summed E-state index contributed by atoms with van der Waals surface area (Å²) >= 11 is 0. The fourth-order valence-electron chi connectivity index (χ4n) is 1.82. The summed E-state index contributed by atoms with van der Waals surface area (Å²) in [5, 5.41) is 3.45. The lowest BCUT2D eigenvalue weighted by molar-refractivity contribution is -0.0733. The van der Waals surface area contributed by atoms with Crippen LogP contribution in [0, 0.1) is 0 Å². The molecule has 0 bridgehead atoms. The molecule has 0 heterocycles. The molecule has 1 rings (SSSR count). The van der Waals surface area contributed by atoms with E-state index < -0.39 is 0 Å². The highest BCUT2D eigenvalue weighted by Gasteiger charge is 2.16. The minimum Gasteiger partial charge on any atom is -0.387 e. The molecule has 0 unspecified atom stereocenters. The van der Waals surface area contributed by atoms with E-state index in [2.05, 4.69) is 10.8 Å². The van der Waals surface area contributed by atoms with Crippen LogP contribution < -0.4 is 10.8 Å². The largest absolute Gasteiger partial charge is 0.387 e. The number of nitrogens with one attached hydrogen (secondary N) is 2. The molecule has 0 radical (unpaired) electrons. The molecule has 2 N–H and O–H groups in total. The van der Waals surface area contributed by atoms with Gasteiger partial charge in [-0.05, 0) is 25.7 Å². The van der Waals surface area contributed by atoms with E-state index in [0.717, 1.165) is 38.1 Å². The third-order valence-corrected chi connectivity index (χ3v) is 2.98. The topological polar surface area (TPSA) is 51.8 Å². The lowest BCUT2D eigenvalue weighted by Gasteiger charge is -2.25. The normalized spacial score (nSPS) is 14.6. The predicted octanol–water partition coefficient (Wildman–Crippen LogP) is 1.91. The average Bonchev–Trinajstić information content (AvgIpc) is 2.36. The Hall–Kier alpha value is -0.780. The van der Waals surface area contributed by atoms with Gasteiger partial charge in [0.25, 0.3) is 0 Å². The average molecular weight is 258 g/mol. The maximum absolute atomic E-state index is 5.10. The highest BCUT2D eigenvalue weighted by molar-refractivity contribution is 5.20. The lowest BCUT2D eigenvalue weighted by Crippen LogP contribution is -2.30. The molecular weight excluding hydrogens is 232 g/mol. The standard InChI is InChI=1S/C13H26N2O3/c1-16-10-6-4-3-5-9-14-12-7-8-13(12)15-18-11-17-2/h14-15H,3-11H2,1-2H3. The van der Waals surface area contributed by atoms with E-state index in [4.69, 9.17) is 14.3 Å². The van der Waals surface area contributed by atoms with E-state index in [1.54, 1.807) is 14.2 Å². The van der Waals surface area contributed by atoms with Gasteiger partial charge in [-0.2, -0.15) is 0 Å². The van der Waals surface area contributed by atoms with Gasteiger partial charge < -0.3 is 14.8 Å². The summed E-state index contributed by atoms with van der Waals surface area (Å²) in [7, 11) is 3.37. The van der Waals surface area contributed by atoms with Gasteiger partial charge in [0.2, 0.25) is 0 Å². The van der Waals surface area contributed by atoms with Crippen molar-refractivity contribution >= 4 is 0 Å². The Morgan fingerprint density at radius 2 is 1.72 bits per heavy atom. The molecule has 0 saturated heterocycles. The van der Waals surface area contributed by atoms with Crippen LogP contribution in [0.4, 0.5) is 0 Å². The van der Waals surface area contributed by atoms with Gasteiger partial charge in [0.1, 0.15) is 0 Å². The number of ether oxygens (including phenoxy) is 2. The first-order valence-corrected chi connectivity index (χ1v) is 6.70. The van der Waals surface area contributed by atoms with E-state index >= 15 is 0 Å². The molecule has 0 amide bonds. The van der Waals surface area contributed by atoms with Crippen LogP contribution in [-0.4, -0.2) is 34.2 Å². The maximum Gasteiger partial charge on any atom is 0.172 e. The number of hydrogen-bond donors (Lipinski definition) is 2. The maximum atomic E-state index is 5.10. The zero-order valence-electron chi connectivity index (χ0n) is 11.6. The first kappa shape index (κ1) is 15.3. The summed E-state index contributed by atoms with van der Waals surface area (Å²) in [4.78, 5) is 5.10. The van der Waals surface area contributed by atoms with Crippen molar-refractivity contribution in [3.05, 3.63) is 11.4 Å². The zero-order valence-corrected chi connectivity index (χ0v) is 11.6. The molecule has 0 saturated carbocycles. The van der Waals surface area contributed by atoms with Crippen molar-refractivity contribution in [2.75, 3.05) is 34.2 Å². The number of methoxy groups -OCH3 is 2.